The van der Waals surface area contributed by atoms with E-state index in [1.807, 2.05) is 24.3 Å². The molecule has 2 amide bonds. The van der Waals surface area contributed by atoms with Gasteiger partial charge >= 0.3 is 6.03 Å². The van der Waals surface area contributed by atoms with Crippen LogP contribution in [0.1, 0.15) is 24.0 Å². The van der Waals surface area contributed by atoms with Crippen molar-refractivity contribution in [2.45, 2.75) is 32.0 Å². The first-order valence-electron chi connectivity index (χ1n) is 7.83. The van der Waals surface area contributed by atoms with Gasteiger partial charge in [-0.3, -0.25) is 0 Å². The van der Waals surface area contributed by atoms with Gasteiger partial charge in [0.15, 0.2) is 0 Å². The van der Waals surface area contributed by atoms with E-state index < -0.39 is 0 Å². The molecule has 1 saturated heterocycles. The van der Waals surface area contributed by atoms with Crippen molar-refractivity contribution in [1.82, 2.24) is 25.4 Å². The zero-order valence-corrected chi connectivity index (χ0v) is 12.9. The fourth-order valence-corrected chi connectivity index (χ4v) is 2.52. The minimum atomic E-state index is -0.160. The maximum Gasteiger partial charge on any atom is 0.315 e. The standard InChI is InChI=1S/C16H21N5O2/c22-16(19-9-15-2-1-7-23-15)18-8-13-3-5-14(6-4-13)10-21-12-17-11-20-21/h3-6,11-12,15H,1-2,7-10H2,(H2,18,19,22)/t15-/m1/s1. The van der Waals surface area contributed by atoms with Crippen LogP contribution in [0.2, 0.25) is 0 Å². The highest BCUT2D eigenvalue weighted by Crippen LogP contribution is 2.10. The molecule has 0 bridgehead atoms. The summed E-state index contributed by atoms with van der Waals surface area (Å²) in [5.74, 6) is 0. The number of amides is 2. The van der Waals surface area contributed by atoms with Crippen LogP contribution in [0.3, 0.4) is 0 Å². The second kappa shape index (κ2) is 7.73. The Morgan fingerprint density at radius 1 is 1.26 bits per heavy atom. The molecular formula is C16H21N5O2. The number of aromatic nitrogens is 3. The highest BCUT2D eigenvalue weighted by Gasteiger charge is 2.15. The number of rotatable bonds is 6. The first-order valence-corrected chi connectivity index (χ1v) is 7.83. The SMILES string of the molecule is O=C(NCc1ccc(Cn2cncn2)cc1)NC[C@H]1CCCO1. The molecule has 2 aromatic rings. The van der Waals surface area contributed by atoms with Gasteiger partial charge in [-0.05, 0) is 24.0 Å². The quantitative estimate of drug-likeness (QED) is 0.842. The smallest absolute Gasteiger partial charge is 0.315 e. The maximum absolute atomic E-state index is 11.8. The van der Waals surface area contributed by atoms with E-state index in [1.54, 1.807) is 11.0 Å². The zero-order valence-electron chi connectivity index (χ0n) is 12.9. The van der Waals surface area contributed by atoms with Crippen molar-refractivity contribution in [3.05, 3.63) is 48.0 Å². The van der Waals surface area contributed by atoms with Crippen LogP contribution in [0.15, 0.2) is 36.9 Å². The van der Waals surface area contributed by atoms with E-state index >= 15 is 0 Å². The summed E-state index contributed by atoms with van der Waals surface area (Å²) in [6, 6.07) is 7.91. The molecule has 0 saturated carbocycles. The van der Waals surface area contributed by atoms with Crippen molar-refractivity contribution >= 4 is 6.03 Å². The molecule has 7 nitrogen and oxygen atoms in total. The van der Waals surface area contributed by atoms with Gasteiger partial charge in [0.05, 0.1) is 12.6 Å². The fraction of sp³-hybridized carbons (Fsp3) is 0.438. The number of hydrogen-bond acceptors (Lipinski definition) is 4. The monoisotopic (exact) mass is 315 g/mol. The van der Waals surface area contributed by atoms with E-state index in [0.717, 1.165) is 30.6 Å². The molecule has 1 atom stereocenters. The summed E-state index contributed by atoms with van der Waals surface area (Å²) in [6.45, 7) is 2.56. The van der Waals surface area contributed by atoms with E-state index in [9.17, 15) is 4.79 Å². The second-order valence-corrected chi connectivity index (χ2v) is 5.61. The minimum absolute atomic E-state index is 0.160. The number of hydrogen-bond donors (Lipinski definition) is 2. The minimum Gasteiger partial charge on any atom is -0.376 e. The van der Waals surface area contributed by atoms with Gasteiger partial charge in [-0.2, -0.15) is 5.10 Å². The van der Waals surface area contributed by atoms with Gasteiger partial charge in [-0.1, -0.05) is 24.3 Å². The molecule has 23 heavy (non-hydrogen) atoms. The number of ether oxygens (including phenoxy) is 1. The predicted octanol–water partition coefficient (Wildman–Crippen LogP) is 1.30. The largest absolute Gasteiger partial charge is 0.376 e. The average molecular weight is 315 g/mol. The Labute approximate surface area is 135 Å². The molecule has 122 valence electrons. The Morgan fingerprint density at radius 2 is 2.09 bits per heavy atom. The molecule has 2 heterocycles. The molecule has 1 aromatic heterocycles. The molecule has 1 aliphatic rings. The Balaban J connectivity index is 1.40. The number of benzene rings is 1. The first-order chi connectivity index (χ1) is 11.3. The fourth-order valence-electron chi connectivity index (χ4n) is 2.52. The van der Waals surface area contributed by atoms with Crippen LogP contribution in [0.4, 0.5) is 4.79 Å². The van der Waals surface area contributed by atoms with Crippen LogP contribution in [0.25, 0.3) is 0 Å². The summed E-state index contributed by atoms with van der Waals surface area (Å²) >= 11 is 0. The molecule has 7 heteroatoms. The van der Waals surface area contributed by atoms with Crippen LogP contribution in [0.5, 0.6) is 0 Å². The molecular weight excluding hydrogens is 294 g/mol. The third-order valence-corrected chi connectivity index (χ3v) is 3.80. The van der Waals surface area contributed by atoms with Gasteiger partial charge < -0.3 is 15.4 Å². The van der Waals surface area contributed by atoms with Gasteiger partial charge in [0.2, 0.25) is 0 Å². The van der Waals surface area contributed by atoms with Crippen molar-refractivity contribution in [2.75, 3.05) is 13.2 Å². The number of carbonyl (C=O) groups is 1. The predicted molar refractivity (Wildman–Crippen MR) is 84.8 cm³/mol. The topological polar surface area (TPSA) is 81.1 Å². The Bertz CT molecular complexity index is 606. The number of urea groups is 1. The molecule has 3 rings (SSSR count). The van der Waals surface area contributed by atoms with Crippen LogP contribution >= 0.6 is 0 Å². The summed E-state index contributed by atoms with van der Waals surface area (Å²) in [4.78, 5) is 15.7. The van der Waals surface area contributed by atoms with E-state index in [0.29, 0.717) is 19.6 Å². The Morgan fingerprint density at radius 3 is 2.78 bits per heavy atom. The highest BCUT2D eigenvalue weighted by atomic mass is 16.5. The maximum atomic E-state index is 11.8. The lowest BCUT2D eigenvalue weighted by Crippen LogP contribution is -2.39. The van der Waals surface area contributed by atoms with Crippen LogP contribution in [-0.4, -0.2) is 40.1 Å². The van der Waals surface area contributed by atoms with E-state index in [1.165, 1.54) is 6.33 Å². The van der Waals surface area contributed by atoms with Crippen LogP contribution in [0, 0.1) is 0 Å². The van der Waals surface area contributed by atoms with Crippen molar-refractivity contribution in [1.29, 1.82) is 0 Å². The van der Waals surface area contributed by atoms with E-state index in [-0.39, 0.29) is 12.1 Å². The van der Waals surface area contributed by atoms with Crippen molar-refractivity contribution < 1.29 is 9.53 Å². The van der Waals surface area contributed by atoms with Crippen molar-refractivity contribution in [2.24, 2.45) is 0 Å². The van der Waals surface area contributed by atoms with Gasteiger partial charge in [-0.15, -0.1) is 0 Å². The first kappa shape index (κ1) is 15.5. The van der Waals surface area contributed by atoms with Gasteiger partial charge in [-0.25, -0.2) is 14.5 Å². The molecule has 1 fully saturated rings. The van der Waals surface area contributed by atoms with Crippen LogP contribution in [-0.2, 0) is 17.8 Å². The van der Waals surface area contributed by atoms with Gasteiger partial charge in [0.25, 0.3) is 0 Å². The van der Waals surface area contributed by atoms with Crippen molar-refractivity contribution in [3.8, 4) is 0 Å². The lowest BCUT2D eigenvalue weighted by molar-refractivity contribution is 0.111. The highest BCUT2D eigenvalue weighted by molar-refractivity contribution is 5.73. The Kier molecular flexibility index (Phi) is 5.21. The summed E-state index contributed by atoms with van der Waals surface area (Å²) in [7, 11) is 0. The van der Waals surface area contributed by atoms with Crippen LogP contribution < -0.4 is 10.6 Å². The molecule has 1 aliphatic heterocycles. The van der Waals surface area contributed by atoms with E-state index in [4.69, 9.17) is 4.74 Å². The molecule has 0 radical (unpaired) electrons. The summed E-state index contributed by atoms with van der Waals surface area (Å²) in [6.07, 6.45) is 5.47. The third-order valence-electron chi connectivity index (χ3n) is 3.80. The lowest BCUT2D eigenvalue weighted by Gasteiger charge is -2.12. The summed E-state index contributed by atoms with van der Waals surface area (Å²) in [5, 5.41) is 9.77. The Hall–Kier alpha value is -2.41. The number of carbonyl (C=O) groups excluding carboxylic acids is 1. The number of nitrogens with zero attached hydrogens (tertiary/aromatic N) is 3. The average Bonchev–Trinajstić information content (AvgIpc) is 3.26. The summed E-state index contributed by atoms with van der Waals surface area (Å²) in [5.41, 5.74) is 2.20. The molecule has 0 aliphatic carbocycles. The normalized spacial score (nSPS) is 17.1. The zero-order chi connectivity index (χ0) is 15.9. The van der Waals surface area contributed by atoms with Gasteiger partial charge in [0, 0.05) is 19.7 Å². The lowest BCUT2D eigenvalue weighted by atomic mass is 10.1. The molecule has 1 aromatic carbocycles. The second-order valence-electron chi connectivity index (χ2n) is 5.61. The van der Waals surface area contributed by atoms with Crippen molar-refractivity contribution in [3.63, 3.8) is 0 Å². The number of nitrogens with one attached hydrogen (secondary N) is 2. The summed E-state index contributed by atoms with van der Waals surface area (Å²) < 4.78 is 7.24. The molecule has 0 unspecified atom stereocenters. The molecule has 2 N–H and O–H groups in total. The van der Waals surface area contributed by atoms with Gasteiger partial charge in [0.1, 0.15) is 12.7 Å². The third kappa shape index (κ3) is 4.79. The molecule has 0 spiro atoms. The van der Waals surface area contributed by atoms with E-state index in [2.05, 4.69) is 20.7 Å².